The molecular weight excluding hydrogens is 264 g/mol. The van der Waals surface area contributed by atoms with Crippen molar-refractivity contribution < 1.29 is 24.2 Å². The summed E-state index contributed by atoms with van der Waals surface area (Å²) in [7, 11) is 0. The first-order valence-corrected chi connectivity index (χ1v) is 6.73. The lowest BCUT2D eigenvalue weighted by Gasteiger charge is -2.22. The minimum atomic E-state index is -0.987. The Balaban J connectivity index is 1.98. The van der Waals surface area contributed by atoms with E-state index in [4.69, 9.17) is 9.84 Å². The van der Waals surface area contributed by atoms with Gasteiger partial charge in [-0.15, -0.1) is 0 Å². The highest BCUT2D eigenvalue weighted by Crippen LogP contribution is 2.33. The first kappa shape index (κ1) is 14.6. The third-order valence-electron chi connectivity index (χ3n) is 3.54. The molecular formula is C13H20N2O5. The van der Waals surface area contributed by atoms with Crippen molar-refractivity contribution in [2.75, 3.05) is 0 Å². The number of amides is 2. The lowest BCUT2D eigenvalue weighted by molar-refractivity contribution is -0.147. The Hall–Kier alpha value is -1.79. The Morgan fingerprint density at radius 3 is 2.55 bits per heavy atom. The van der Waals surface area contributed by atoms with E-state index in [0.717, 1.165) is 0 Å². The summed E-state index contributed by atoms with van der Waals surface area (Å²) in [6, 6.07) is -1.54. The van der Waals surface area contributed by atoms with Crippen LogP contribution in [0.1, 0.15) is 40.0 Å². The molecule has 3 atom stereocenters. The van der Waals surface area contributed by atoms with Gasteiger partial charge in [0.15, 0.2) is 0 Å². The Kier molecular flexibility index (Phi) is 3.62. The number of carbonyl (C=O) groups excluding carboxylic acids is 2. The molecule has 0 aromatic rings. The van der Waals surface area contributed by atoms with Crippen molar-refractivity contribution in [3.8, 4) is 0 Å². The highest BCUT2D eigenvalue weighted by Gasteiger charge is 2.49. The number of carbonyl (C=O) groups is 3. The second kappa shape index (κ2) is 4.96. The van der Waals surface area contributed by atoms with Crippen molar-refractivity contribution in [2.45, 2.75) is 63.8 Å². The lowest BCUT2D eigenvalue weighted by atomic mass is 10.1. The van der Waals surface area contributed by atoms with Crippen LogP contribution < -0.4 is 5.32 Å². The molecule has 0 saturated carbocycles. The van der Waals surface area contributed by atoms with Crippen LogP contribution in [0.15, 0.2) is 0 Å². The molecule has 0 aromatic heterocycles. The summed E-state index contributed by atoms with van der Waals surface area (Å²) in [4.78, 5) is 36.4. The number of fused-ring (bicyclic) bond motifs is 1. The van der Waals surface area contributed by atoms with Gasteiger partial charge in [0, 0.05) is 6.04 Å². The number of rotatable bonds is 2. The summed E-state index contributed by atoms with van der Waals surface area (Å²) in [6.45, 7) is 5.21. The van der Waals surface area contributed by atoms with Crippen LogP contribution in [0.4, 0.5) is 4.79 Å². The first-order chi connectivity index (χ1) is 9.19. The molecule has 2 aliphatic heterocycles. The Labute approximate surface area is 117 Å². The number of alkyl carbamates (subject to hydrolysis) is 1. The zero-order valence-electron chi connectivity index (χ0n) is 11.9. The standard InChI is InChI=1S/C13H20N2O5/c1-13(2,3)20-12(19)14-8-6-7-4-5-9(11(17)18)15(7)10(8)16/h7-9H,4-6H2,1-3H3,(H,14,19)(H,17,18)/t7-,8?,9-/m0/s1. The van der Waals surface area contributed by atoms with Gasteiger partial charge in [-0.05, 0) is 40.0 Å². The SMILES string of the molecule is CC(C)(C)OC(=O)NC1C[C@@H]2CC[C@@H](C(=O)O)N2C1=O. The number of aliphatic carboxylic acids is 1. The molecule has 0 spiro atoms. The molecule has 2 saturated heterocycles. The van der Waals surface area contributed by atoms with E-state index in [9.17, 15) is 14.4 Å². The van der Waals surface area contributed by atoms with Gasteiger partial charge in [-0.2, -0.15) is 0 Å². The fraction of sp³-hybridized carbons (Fsp3) is 0.769. The summed E-state index contributed by atoms with van der Waals surface area (Å²) >= 11 is 0. The molecule has 2 N–H and O–H groups in total. The van der Waals surface area contributed by atoms with E-state index in [1.54, 1.807) is 20.8 Å². The molecule has 2 rings (SSSR count). The molecule has 0 aromatic carbocycles. The molecule has 2 aliphatic rings. The quantitative estimate of drug-likeness (QED) is 0.779. The van der Waals surface area contributed by atoms with Gasteiger partial charge in [0.25, 0.3) is 0 Å². The minimum absolute atomic E-state index is 0.0939. The lowest BCUT2D eigenvalue weighted by Crippen LogP contribution is -2.47. The second-order valence-corrected chi connectivity index (χ2v) is 6.27. The van der Waals surface area contributed by atoms with E-state index >= 15 is 0 Å². The molecule has 2 amide bonds. The molecule has 2 heterocycles. The van der Waals surface area contributed by atoms with Crippen molar-refractivity contribution in [2.24, 2.45) is 0 Å². The van der Waals surface area contributed by atoms with Gasteiger partial charge < -0.3 is 20.1 Å². The highest BCUT2D eigenvalue weighted by molar-refractivity contribution is 5.92. The van der Waals surface area contributed by atoms with Crippen LogP contribution in [-0.2, 0) is 14.3 Å². The molecule has 0 radical (unpaired) electrons. The van der Waals surface area contributed by atoms with Crippen LogP contribution in [0, 0.1) is 0 Å². The summed E-state index contributed by atoms with van der Waals surface area (Å²) in [5, 5.41) is 11.6. The van der Waals surface area contributed by atoms with Gasteiger partial charge in [0.05, 0.1) is 0 Å². The van der Waals surface area contributed by atoms with Gasteiger partial charge in [-0.25, -0.2) is 9.59 Å². The van der Waals surface area contributed by atoms with Gasteiger partial charge in [0.1, 0.15) is 17.7 Å². The number of hydrogen-bond acceptors (Lipinski definition) is 4. The van der Waals surface area contributed by atoms with Gasteiger partial charge in [0.2, 0.25) is 5.91 Å². The number of nitrogens with zero attached hydrogens (tertiary/aromatic N) is 1. The van der Waals surface area contributed by atoms with Crippen molar-refractivity contribution in [1.82, 2.24) is 10.2 Å². The monoisotopic (exact) mass is 284 g/mol. The fourth-order valence-corrected chi connectivity index (χ4v) is 2.81. The van der Waals surface area contributed by atoms with E-state index in [0.29, 0.717) is 19.3 Å². The largest absolute Gasteiger partial charge is 0.480 e. The summed E-state index contributed by atoms with van der Waals surface area (Å²) in [5.74, 6) is -1.32. The third-order valence-corrected chi connectivity index (χ3v) is 3.54. The number of ether oxygens (including phenoxy) is 1. The fourth-order valence-electron chi connectivity index (χ4n) is 2.81. The Morgan fingerprint density at radius 1 is 1.35 bits per heavy atom. The van der Waals surface area contributed by atoms with E-state index in [1.807, 2.05) is 0 Å². The van der Waals surface area contributed by atoms with E-state index < -0.39 is 29.7 Å². The van der Waals surface area contributed by atoms with E-state index in [-0.39, 0.29) is 11.9 Å². The average Bonchev–Trinajstić information content (AvgIpc) is 2.78. The van der Waals surface area contributed by atoms with Crippen molar-refractivity contribution in [3.05, 3.63) is 0 Å². The number of carboxylic acids is 1. The van der Waals surface area contributed by atoms with E-state index in [2.05, 4.69) is 5.32 Å². The summed E-state index contributed by atoms with van der Waals surface area (Å²) < 4.78 is 5.11. The minimum Gasteiger partial charge on any atom is -0.480 e. The van der Waals surface area contributed by atoms with Crippen LogP contribution in [0.25, 0.3) is 0 Å². The van der Waals surface area contributed by atoms with Gasteiger partial charge in [-0.3, -0.25) is 4.79 Å². The molecule has 112 valence electrons. The van der Waals surface area contributed by atoms with Gasteiger partial charge in [-0.1, -0.05) is 0 Å². The summed E-state index contributed by atoms with van der Waals surface area (Å²) in [6.07, 6.45) is 0.936. The van der Waals surface area contributed by atoms with Crippen molar-refractivity contribution in [1.29, 1.82) is 0 Å². The van der Waals surface area contributed by atoms with Crippen LogP contribution >= 0.6 is 0 Å². The number of carboxylic acid groups (broad SMARTS) is 1. The van der Waals surface area contributed by atoms with E-state index in [1.165, 1.54) is 4.90 Å². The van der Waals surface area contributed by atoms with Crippen LogP contribution in [0.5, 0.6) is 0 Å². The highest BCUT2D eigenvalue weighted by atomic mass is 16.6. The molecule has 1 unspecified atom stereocenters. The number of nitrogens with one attached hydrogen (secondary N) is 1. The summed E-state index contributed by atoms with van der Waals surface area (Å²) in [5.41, 5.74) is -0.633. The zero-order valence-corrected chi connectivity index (χ0v) is 11.9. The van der Waals surface area contributed by atoms with Crippen LogP contribution in [-0.4, -0.2) is 51.7 Å². The zero-order chi connectivity index (χ0) is 15.1. The normalized spacial score (nSPS) is 29.2. The average molecular weight is 284 g/mol. The first-order valence-electron chi connectivity index (χ1n) is 6.73. The molecule has 7 heteroatoms. The van der Waals surface area contributed by atoms with Gasteiger partial charge >= 0.3 is 12.1 Å². The molecule has 0 bridgehead atoms. The van der Waals surface area contributed by atoms with Crippen molar-refractivity contribution in [3.63, 3.8) is 0 Å². The molecule has 7 nitrogen and oxygen atoms in total. The second-order valence-electron chi connectivity index (χ2n) is 6.27. The Bertz CT molecular complexity index is 443. The topological polar surface area (TPSA) is 95.9 Å². The molecule has 20 heavy (non-hydrogen) atoms. The molecule has 0 aliphatic carbocycles. The predicted molar refractivity (Wildman–Crippen MR) is 69.1 cm³/mol. The number of hydrogen-bond donors (Lipinski definition) is 2. The maximum atomic E-state index is 12.2. The molecule has 2 fully saturated rings. The maximum absolute atomic E-state index is 12.2. The van der Waals surface area contributed by atoms with Crippen LogP contribution in [0.2, 0.25) is 0 Å². The predicted octanol–water partition coefficient (Wildman–Crippen LogP) is 0.728. The smallest absolute Gasteiger partial charge is 0.408 e. The van der Waals surface area contributed by atoms with Crippen LogP contribution in [0.3, 0.4) is 0 Å². The van der Waals surface area contributed by atoms with Crippen molar-refractivity contribution >= 4 is 18.0 Å². The Morgan fingerprint density at radius 2 is 2.00 bits per heavy atom. The third kappa shape index (κ3) is 2.86. The maximum Gasteiger partial charge on any atom is 0.408 e.